The molecule has 1 aliphatic rings. The predicted molar refractivity (Wildman–Crippen MR) is 114 cm³/mol. The van der Waals surface area contributed by atoms with Gasteiger partial charge in [0.05, 0.1) is 6.61 Å². The van der Waals surface area contributed by atoms with Crippen molar-refractivity contribution in [3.63, 3.8) is 0 Å². The molecule has 0 saturated heterocycles. The van der Waals surface area contributed by atoms with Crippen LogP contribution in [0.5, 0.6) is 5.75 Å². The van der Waals surface area contributed by atoms with Crippen LogP contribution in [0.2, 0.25) is 0 Å². The molecule has 0 fully saturated rings. The van der Waals surface area contributed by atoms with Crippen molar-refractivity contribution in [2.75, 3.05) is 18.1 Å². The third-order valence-corrected chi connectivity index (χ3v) is 6.21. The average molecular weight is 423 g/mol. The van der Waals surface area contributed by atoms with Crippen LogP contribution in [-0.2, 0) is 19.4 Å². The fraction of sp³-hybridized carbons (Fsp3) is 0.227. The SMILES string of the molecule is NC(=O)c1cccc2c1CN(c1nc(C(=O)O)c(CCOc3ccccc3)s1)CC2. The van der Waals surface area contributed by atoms with Gasteiger partial charge in [-0.15, -0.1) is 11.3 Å². The molecule has 0 aliphatic carbocycles. The Bertz CT molecular complexity index is 1080. The van der Waals surface area contributed by atoms with E-state index in [0.717, 1.165) is 23.3 Å². The number of carbonyl (C=O) groups is 2. The van der Waals surface area contributed by atoms with Gasteiger partial charge in [0.1, 0.15) is 5.75 Å². The van der Waals surface area contributed by atoms with Crippen molar-refractivity contribution in [2.45, 2.75) is 19.4 Å². The molecule has 2 heterocycles. The average Bonchev–Trinajstić information content (AvgIpc) is 3.18. The molecule has 1 aliphatic heterocycles. The van der Waals surface area contributed by atoms with Crippen LogP contribution in [0, 0.1) is 0 Å². The molecule has 0 saturated carbocycles. The Morgan fingerprint density at radius 2 is 1.97 bits per heavy atom. The number of aromatic carboxylic acids is 1. The molecule has 1 amide bonds. The van der Waals surface area contributed by atoms with Gasteiger partial charge in [-0.2, -0.15) is 0 Å². The van der Waals surface area contributed by atoms with E-state index in [4.69, 9.17) is 10.5 Å². The number of rotatable bonds is 7. The zero-order valence-corrected chi connectivity index (χ0v) is 17.0. The van der Waals surface area contributed by atoms with E-state index in [1.54, 1.807) is 6.07 Å². The number of aromatic nitrogens is 1. The number of thiazole rings is 1. The fourth-order valence-corrected chi connectivity index (χ4v) is 4.62. The molecule has 30 heavy (non-hydrogen) atoms. The van der Waals surface area contributed by atoms with Crippen molar-refractivity contribution < 1.29 is 19.4 Å². The van der Waals surface area contributed by atoms with Crippen LogP contribution in [0.4, 0.5) is 5.13 Å². The van der Waals surface area contributed by atoms with Gasteiger partial charge in [-0.1, -0.05) is 30.3 Å². The quantitative estimate of drug-likeness (QED) is 0.605. The zero-order valence-electron chi connectivity index (χ0n) is 16.2. The van der Waals surface area contributed by atoms with Crippen LogP contribution in [0.25, 0.3) is 0 Å². The van der Waals surface area contributed by atoms with Crippen LogP contribution in [-0.4, -0.2) is 35.1 Å². The monoisotopic (exact) mass is 423 g/mol. The Labute approximate surface area is 177 Å². The number of carboxylic acids is 1. The number of hydrogen-bond acceptors (Lipinski definition) is 6. The zero-order chi connectivity index (χ0) is 21.1. The minimum atomic E-state index is -1.05. The molecule has 4 rings (SSSR count). The molecule has 3 N–H and O–H groups in total. The molecule has 0 spiro atoms. The lowest BCUT2D eigenvalue weighted by atomic mass is 9.95. The van der Waals surface area contributed by atoms with E-state index in [0.29, 0.717) is 41.7 Å². The molecule has 0 bridgehead atoms. The van der Waals surface area contributed by atoms with Gasteiger partial charge in [-0.3, -0.25) is 4.79 Å². The van der Waals surface area contributed by atoms with Crippen molar-refractivity contribution in [1.29, 1.82) is 0 Å². The number of benzene rings is 2. The van der Waals surface area contributed by atoms with Crippen LogP contribution < -0.4 is 15.4 Å². The maximum absolute atomic E-state index is 11.8. The summed E-state index contributed by atoms with van der Waals surface area (Å²) in [6.45, 7) is 1.53. The fourth-order valence-electron chi connectivity index (χ4n) is 3.56. The summed E-state index contributed by atoms with van der Waals surface area (Å²) in [5.41, 5.74) is 8.07. The highest BCUT2D eigenvalue weighted by atomic mass is 32.1. The maximum atomic E-state index is 11.8. The van der Waals surface area contributed by atoms with Crippen molar-refractivity contribution >= 4 is 28.3 Å². The highest BCUT2D eigenvalue weighted by Crippen LogP contribution is 2.32. The molecule has 0 unspecified atom stereocenters. The van der Waals surface area contributed by atoms with E-state index < -0.39 is 11.9 Å². The second-order valence-corrected chi connectivity index (χ2v) is 8.03. The summed E-state index contributed by atoms with van der Waals surface area (Å²) < 4.78 is 5.71. The number of carbonyl (C=O) groups excluding carboxylic acids is 1. The van der Waals surface area contributed by atoms with Gasteiger partial charge in [-0.25, -0.2) is 9.78 Å². The number of nitrogens with zero attached hydrogens (tertiary/aromatic N) is 2. The predicted octanol–water partition coefficient (Wildman–Crippen LogP) is 3.12. The topological polar surface area (TPSA) is 106 Å². The minimum absolute atomic E-state index is 0.0562. The number of amides is 1. The summed E-state index contributed by atoms with van der Waals surface area (Å²) in [6.07, 6.45) is 1.19. The maximum Gasteiger partial charge on any atom is 0.355 e. The summed E-state index contributed by atoms with van der Waals surface area (Å²) in [5.74, 6) is -0.772. The van der Waals surface area contributed by atoms with Crippen LogP contribution in [0.3, 0.4) is 0 Å². The lowest BCUT2D eigenvalue weighted by molar-refractivity contribution is 0.0690. The number of anilines is 1. The highest BCUT2D eigenvalue weighted by Gasteiger charge is 2.25. The molecule has 0 radical (unpaired) electrons. The van der Waals surface area contributed by atoms with Gasteiger partial charge in [0.25, 0.3) is 0 Å². The molecular weight excluding hydrogens is 402 g/mol. The standard InChI is InChI=1S/C22H21N3O4S/c23-20(26)16-8-4-5-14-9-11-25(13-17(14)16)22-24-19(21(27)28)18(30-22)10-12-29-15-6-2-1-3-7-15/h1-8H,9-13H2,(H2,23,26)(H,27,28). The van der Waals surface area contributed by atoms with Gasteiger partial charge >= 0.3 is 5.97 Å². The Balaban J connectivity index is 1.53. The summed E-state index contributed by atoms with van der Waals surface area (Å²) in [4.78, 5) is 30.6. The normalized spacial score (nSPS) is 13.0. The third kappa shape index (κ3) is 4.13. The van der Waals surface area contributed by atoms with Gasteiger partial charge in [0.2, 0.25) is 5.91 Å². The molecule has 7 nitrogen and oxygen atoms in total. The van der Waals surface area contributed by atoms with Crippen LogP contribution in [0.1, 0.15) is 36.9 Å². The summed E-state index contributed by atoms with van der Waals surface area (Å²) in [6, 6.07) is 15.0. The first kappa shape index (κ1) is 19.9. The van der Waals surface area contributed by atoms with E-state index in [1.165, 1.54) is 11.3 Å². The number of primary amides is 1. The molecule has 2 aromatic carbocycles. The molecule has 8 heteroatoms. The molecule has 3 aromatic rings. The lowest BCUT2D eigenvalue weighted by Gasteiger charge is -2.29. The van der Waals surface area contributed by atoms with Gasteiger partial charge < -0.3 is 20.5 Å². The summed E-state index contributed by atoms with van der Waals surface area (Å²) in [5, 5.41) is 10.2. The van der Waals surface area contributed by atoms with Crippen molar-refractivity contribution in [3.8, 4) is 5.75 Å². The summed E-state index contributed by atoms with van der Waals surface area (Å²) >= 11 is 1.36. The third-order valence-electron chi connectivity index (χ3n) is 5.04. The largest absolute Gasteiger partial charge is 0.493 e. The Morgan fingerprint density at radius 1 is 1.17 bits per heavy atom. The van der Waals surface area contributed by atoms with E-state index >= 15 is 0 Å². The molecule has 154 valence electrons. The van der Waals surface area contributed by atoms with Crippen molar-refractivity contribution in [3.05, 3.63) is 75.8 Å². The van der Waals surface area contributed by atoms with Crippen molar-refractivity contribution in [1.82, 2.24) is 4.98 Å². The number of nitrogens with two attached hydrogens (primary N) is 1. The first-order chi connectivity index (χ1) is 14.5. The number of fused-ring (bicyclic) bond motifs is 1. The molecule has 1 aromatic heterocycles. The number of hydrogen-bond donors (Lipinski definition) is 2. The van der Waals surface area contributed by atoms with E-state index in [2.05, 4.69) is 4.98 Å². The van der Waals surface area contributed by atoms with E-state index in [9.17, 15) is 14.7 Å². The van der Waals surface area contributed by atoms with Crippen LogP contribution >= 0.6 is 11.3 Å². The number of ether oxygens (including phenoxy) is 1. The van der Waals surface area contributed by atoms with Crippen LogP contribution in [0.15, 0.2) is 48.5 Å². The summed E-state index contributed by atoms with van der Waals surface area (Å²) in [7, 11) is 0. The first-order valence-electron chi connectivity index (χ1n) is 9.59. The Kier molecular flexibility index (Phi) is 5.67. The second kappa shape index (κ2) is 8.54. The van der Waals surface area contributed by atoms with Gasteiger partial charge in [-0.05, 0) is 35.7 Å². The molecular formula is C22H21N3O4S. The number of para-hydroxylation sites is 1. The van der Waals surface area contributed by atoms with Crippen molar-refractivity contribution in [2.24, 2.45) is 5.73 Å². The first-order valence-corrected chi connectivity index (χ1v) is 10.4. The minimum Gasteiger partial charge on any atom is -0.493 e. The second-order valence-electron chi connectivity index (χ2n) is 6.96. The highest BCUT2D eigenvalue weighted by molar-refractivity contribution is 7.15. The molecule has 0 atom stereocenters. The Hall–Kier alpha value is -3.39. The van der Waals surface area contributed by atoms with Gasteiger partial charge in [0, 0.05) is 30.0 Å². The number of carboxylic acid groups (broad SMARTS) is 1. The van der Waals surface area contributed by atoms with E-state index in [1.807, 2.05) is 47.4 Å². The Morgan fingerprint density at radius 3 is 2.70 bits per heavy atom. The lowest BCUT2D eigenvalue weighted by Crippen LogP contribution is -2.32. The van der Waals surface area contributed by atoms with E-state index in [-0.39, 0.29) is 5.69 Å². The van der Waals surface area contributed by atoms with Gasteiger partial charge in [0.15, 0.2) is 10.8 Å². The smallest absolute Gasteiger partial charge is 0.355 e.